The van der Waals surface area contributed by atoms with Crippen molar-refractivity contribution in [3.63, 3.8) is 0 Å². The summed E-state index contributed by atoms with van der Waals surface area (Å²) in [4.78, 5) is 4.32. The van der Waals surface area contributed by atoms with Gasteiger partial charge in [-0.3, -0.25) is 4.98 Å². The minimum Gasteiger partial charge on any atom is -0.314 e. The van der Waals surface area contributed by atoms with E-state index in [0.717, 1.165) is 23.5 Å². The van der Waals surface area contributed by atoms with Crippen LogP contribution in [0.25, 0.3) is 16.8 Å². The highest BCUT2D eigenvalue weighted by Gasteiger charge is 2.04. The van der Waals surface area contributed by atoms with E-state index in [9.17, 15) is 0 Å². The summed E-state index contributed by atoms with van der Waals surface area (Å²) in [6.07, 6.45) is 5.73. The van der Waals surface area contributed by atoms with Crippen LogP contribution >= 0.6 is 0 Å². The number of aromatic nitrogens is 3. The number of nitrogens with one attached hydrogen (secondary N) is 1. The largest absolute Gasteiger partial charge is 0.314 e. The van der Waals surface area contributed by atoms with Gasteiger partial charge in [-0.05, 0) is 24.7 Å². The Bertz CT molecular complexity index is 688. The number of nitrogens with zero attached hydrogens (tertiary/aromatic N) is 3. The van der Waals surface area contributed by atoms with Crippen LogP contribution in [-0.4, -0.2) is 21.8 Å². The fraction of sp³-hybridized carbons (Fsp3) is 0.125. The predicted octanol–water partition coefficient (Wildman–Crippen LogP) is 2.65. The van der Waals surface area contributed by atoms with Gasteiger partial charge in [0.15, 0.2) is 0 Å². The van der Waals surface area contributed by atoms with Crippen molar-refractivity contribution >= 4 is 0 Å². The highest BCUT2D eigenvalue weighted by Crippen LogP contribution is 2.19. The van der Waals surface area contributed by atoms with Crippen molar-refractivity contribution in [3.8, 4) is 16.8 Å². The van der Waals surface area contributed by atoms with Gasteiger partial charge in [0.25, 0.3) is 0 Å². The molecule has 1 N–H and O–H groups in total. The third kappa shape index (κ3) is 2.60. The van der Waals surface area contributed by atoms with Gasteiger partial charge in [0, 0.05) is 24.5 Å². The van der Waals surface area contributed by atoms with Crippen LogP contribution in [0.2, 0.25) is 0 Å². The van der Waals surface area contributed by atoms with Crippen molar-refractivity contribution in [2.45, 2.75) is 6.54 Å². The number of rotatable bonds is 4. The van der Waals surface area contributed by atoms with Crippen molar-refractivity contribution in [2.24, 2.45) is 0 Å². The van der Waals surface area contributed by atoms with E-state index < -0.39 is 0 Å². The van der Waals surface area contributed by atoms with Crippen LogP contribution < -0.4 is 5.32 Å². The monoisotopic (exact) mass is 264 g/mol. The van der Waals surface area contributed by atoms with Gasteiger partial charge in [-0.25, -0.2) is 4.68 Å². The van der Waals surface area contributed by atoms with Crippen LogP contribution in [0.5, 0.6) is 0 Å². The van der Waals surface area contributed by atoms with Crippen LogP contribution in [0.1, 0.15) is 5.69 Å². The highest BCUT2D eigenvalue weighted by molar-refractivity contribution is 5.61. The maximum Gasteiger partial charge on any atom is 0.0679 e. The Morgan fingerprint density at radius 2 is 1.95 bits per heavy atom. The molecule has 2 aromatic heterocycles. The first-order chi connectivity index (χ1) is 9.86. The molecule has 0 unspecified atom stereocenters. The Morgan fingerprint density at radius 1 is 1.10 bits per heavy atom. The van der Waals surface area contributed by atoms with E-state index in [0.29, 0.717) is 0 Å². The van der Waals surface area contributed by atoms with Gasteiger partial charge in [0.05, 0.1) is 17.6 Å². The lowest BCUT2D eigenvalue weighted by molar-refractivity contribution is 0.784. The average molecular weight is 264 g/mol. The molecule has 0 amide bonds. The molecule has 0 saturated carbocycles. The molecule has 0 aliphatic rings. The molecule has 0 aliphatic carbocycles. The first-order valence-electron chi connectivity index (χ1n) is 6.57. The third-order valence-electron chi connectivity index (χ3n) is 3.11. The standard InChI is InChI=1S/C16H16N4/c1-17-11-15-9-16(7-8-18-15)20-12-14(10-19-20)13-5-3-2-4-6-13/h2-10,12,17H,11H2,1H3. The molecule has 3 aromatic rings. The molecule has 0 saturated heterocycles. The predicted molar refractivity (Wildman–Crippen MR) is 79.6 cm³/mol. The van der Waals surface area contributed by atoms with Crippen LogP contribution in [0.4, 0.5) is 0 Å². The Balaban J connectivity index is 1.92. The van der Waals surface area contributed by atoms with E-state index >= 15 is 0 Å². The summed E-state index contributed by atoms with van der Waals surface area (Å²) in [5.41, 5.74) is 4.30. The average Bonchev–Trinajstić information content (AvgIpc) is 2.99. The second-order valence-electron chi connectivity index (χ2n) is 4.58. The maximum absolute atomic E-state index is 4.43. The molecule has 1 aromatic carbocycles. The first-order valence-corrected chi connectivity index (χ1v) is 6.57. The van der Waals surface area contributed by atoms with Crippen molar-refractivity contribution in [3.05, 3.63) is 66.7 Å². The lowest BCUT2D eigenvalue weighted by Gasteiger charge is -2.04. The highest BCUT2D eigenvalue weighted by atomic mass is 15.3. The molecule has 0 bridgehead atoms. The number of pyridine rings is 1. The number of hydrogen-bond acceptors (Lipinski definition) is 3. The normalized spacial score (nSPS) is 10.7. The Labute approximate surface area is 118 Å². The molecule has 4 heteroatoms. The van der Waals surface area contributed by atoms with Crippen LogP contribution in [0.3, 0.4) is 0 Å². The second-order valence-corrected chi connectivity index (χ2v) is 4.58. The molecule has 0 radical (unpaired) electrons. The van der Waals surface area contributed by atoms with E-state index in [2.05, 4.69) is 27.5 Å². The van der Waals surface area contributed by atoms with Gasteiger partial charge in [0.1, 0.15) is 0 Å². The van der Waals surface area contributed by atoms with Gasteiger partial charge in [0.2, 0.25) is 0 Å². The minimum absolute atomic E-state index is 0.751. The van der Waals surface area contributed by atoms with Gasteiger partial charge in [-0.15, -0.1) is 0 Å². The fourth-order valence-corrected chi connectivity index (χ4v) is 2.13. The van der Waals surface area contributed by atoms with Crippen LogP contribution in [-0.2, 0) is 6.54 Å². The summed E-state index contributed by atoms with van der Waals surface area (Å²) in [7, 11) is 1.91. The Hall–Kier alpha value is -2.46. The first kappa shape index (κ1) is 12.6. The molecule has 4 nitrogen and oxygen atoms in total. The number of benzene rings is 1. The van der Waals surface area contributed by atoms with Crippen molar-refractivity contribution in [1.82, 2.24) is 20.1 Å². The lowest BCUT2D eigenvalue weighted by Crippen LogP contribution is -2.07. The summed E-state index contributed by atoms with van der Waals surface area (Å²) in [6.45, 7) is 0.751. The van der Waals surface area contributed by atoms with Gasteiger partial charge >= 0.3 is 0 Å². The summed E-state index contributed by atoms with van der Waals surface area (Å²) in [5, 5.41) is 7.53. The summed E-state index contributed by atoms with van der Waals surface area (Å²) in [5.74, 6) is 0. The van der Waals surface area contributed by atoms with Crippen molar-refractivity contribution in [1.29, 1.82) is 0 Å². The molecule has 100 valence electrons. The summed E-state index contributed by atoms with van der Waals surface area (Å²) < 4.78 is 1.88. The molecule has 0 atom stereocenters. The molecule has 0 fully saturated rings. The van der Waals surface area contributed by atoms with E-state index in [1.54, 1.807) is 0 Å². The maximum atomic E-state index is 4.43. The Morgan fingerprint density at radius 3 is 2.75 bits per heavy atom. The van der Waals surface area contributed by atoms with E-state index in [4.69, 9.17) is 0 Å². The summed E-state index contributed by atoms with van der Waals surface area (Å²) >= 11 is 0. The molecule has 0 spiro atoms. The number of hydrogen-bond donors (Lipinski definition) is 1. The fourth-order valence-electron chi connectivity index (χ4n) is 2.13. The van der Waals surface area contributed by atoms with Gasteiger partial charge < -0.3 is 5.32 Å². The van der Waals surface area contributed by atoms with Crippen molar-refractivity contribution in [2.75, 3.05) is 7.05 Å². The van der Waals surface area contributed by atoms with Crippen molar-refractivity contribution < 1.29 is 0 Å². The topological polar surface area (TPSA) is 42.7 Å². The molecular formula is C16H16N4. The molecule has 2 heterocycles. The van der Waals surface area contributed by atoms with E-state index in [1.165, 1.54) is 5.56 Å². The second kappa shape index (κ2) is 5.67. The zero-order valence-electron chi connectivity index (χ0n) is 11.3. The summed E-state index contributed by atoms with van der Waals surface area (Å²) in [6, 6.07) is 14.2. The minimum atomic E-state index is 0.751. The van der Waals surface area contributed by atoms with Gasteiger partial charge in [-0.1, -0.05) is 30.3 Å². The quantitative estimate of drug-likeness (QED) is 0.787. The molecule has 20 heavy (non-hydrogen) atoms. The van der Waals surface area contributed by atoms with E-state index in [1.807, 2.05) is 60.7 Å². The molecule has 3 rings (SSSR count). The SMILES string of the molecule is CNCc1cc(-n2cc(-c3ccccc3)cn2)ccn1. The van der Waals surface area contributed by atoms with E-state index in [-0.39, 0.29) is 0 Å². The molecular weight excluding hydrogens is 248 g/mol. The lowest BCUT2D eigenvalue weighted by atomic mass is 10.1. The van der Waals surface area contributed by atoms with Crippen LogP contribution in [0.15, 0.2) is 61.1 Å². The Kier molecular flexibility index (Phi) is 3.56. The smallest absolute Gasteiger partial charge is 0.0679 e. The third-order valence-corrected chi connectivity index (χ3v) is 3.11. The zero-order chi connectivity index (χ0) is 13.8. The van der Waals surface area contributed by atoms with Gasteiger partial charge in [-0.2, -0.15) is 5.10 Å². The molecule has 0 aliphatic heterocycles. The van der Waals surface area contributed by atoms with Crippen LogP contribution in [0, 0.1) is 0 Å². The zero-order valence-corrected chi connectivity index (χ0v) is 11.3.